The molecule has 4 rings (SSSR count). The van der Waals surface area contributed by atoms with E-state index < -0.39 is 0 Å². The summed E-state index contributed by atoms with van der Waals surface area (Å²) in [6.45, 7) is 1.03. The number of phenolic OH excluding ortho intramolecular Hbond substituents is 1. The number of piperidine rings is 1. The molecular weight excluding hydrogens is 322 g/mol. The lowest BCUT2D eigenvalue weighted by molar-refractivity contribution is -0.916. The van der Waals surface area contributed by atoms with Gasteiger partial charge in [0.15, 0.2) is 5.78 Å². The molecule has 0 aromatic heterocycles. The van der Waals surface area contributed by atoms with E-state index in [0.717, 1.165) is 40.6 Å². The molecule has 2 aliphatic rings. The summed E-state index contributed by atoms with van der Waals surface area (Å²) in [5, 5.41) is 9.95. The van der Waals surface area contributed by atoms with Gasteiger partial charge in [0.2, 0.25) is 0 Å². The Bertz CT molecular complexity index is 869. The first-order valence-corrected chi connectivity index (χ1v) is 9.32. The monoisotopic (exact) mass is 348 g/mol. The number of likely N-dealkylation sites (N-methyl/N-ethyl adjacent to an activating group) is 1. The summed E-state index contributed by atoms with van der Waals surface area (Å²) < 4.78 is 0.838. The second kappa shape index (κ2) is 6.10. The summed E-state index contributed by atoms with van der Waals surface area (Å²) in [4.78, 5) is 13.2. The predicted molar refractivity (Wildman–Crippen MR) is 104 cm³/mol. The van der Waals surface area contributed by atoms with Crippen LogP contribution in [0, 0.1) is 0 Å². The Morgan fingerprint density at radius 1 is 1.12 bits per heavy atom. The quantitative estimate of drug-likeness (QED) is 0.660. The number of benzene rings is 2. The first-order valence-electron chi connectivity index (χ1n) is 9.32. The summed E-state index contributed by atoms with van der Waals surface area (Å²) in [7, 11) is 4.46. The van der Waals surface area contributed by atoms with Crippen LogP contribution in [-0.4, -0.2) is 42.1 Å². The third-order valence-electron chi connectivity index (χ3n) is 6.35. The summed E-state index contributed by atoms with van der Waals surface area (Å²) in [5.41, 5.74) is 3.00. The minimum atomic E-state index is -0.151. The maximum atomic E-state index is 13.2. The van der Waals surface area contributed by atoms with Gasteiger partial charge in [-0.15, -0.1) is 0 Å². The van der Waals surface area contributed by atoms with Crippen LogP contribution < -0.4 is 0 Å². The molecule has 26 heavy (non-hydrogen) atoms. The van der Waals surface area contributed by atoms with Crippen molar-refractivity contribution in [2.75, 3.05) is 20.6 Å². The van der Waals surface area contributed by atoms with Crippen LogP contribution in [0.1, 0.15) is 30.4 Å². The van der Waals surface area contributed by atoms with Crippen molar-refractivity contribution in [1.82, 2.24) is 0 Å². The number of likely N-dealkylation sites (tertiary alicyclic amines) is 1. The maximum absolute atomic E-state index is 13.2. The molecule has 1 N–H and O–H groups in total. The van der Waals surface area contributed by atoms with Crippen LogP contribution >= 0.6 is 0 Å². The maximum Gasteiger partial charge on any atom is 0.165 e. The summed E-state index contributed by atoms with van der Waals surface area (Å²) in [5.74, 6) is 0.533. The Labute approximate surface area is 155 Å². The van der Waals surface area contributed by atoms with Gasteiger partial charge in [0.05, 0.1) is 26.2 Å². The molecule has 134 valence electrons. The third kappa shape index (κ3) is 2.86. The van der Waals surface area contributed by atoms with Crippen molar-refractivity contribution in [3.63, 3.8) is 0 Å². The van der Waals surface area contributed by atoms with E-state index in [4.69, 9.17) is 0 Å². The van der Waals surface area contributed by atoms with Crippen molar-refractivity contribution in [1.29, 1.82) is 0 Å². The van der Waals surface area contributed by atoms with Crippen molar-refractivity contribution in [3.8, 4) is 5.75 Å². The average Bonchev–Trinajstić information content (AvgIpc) is 2.62. The number of hydrogen-bond donors (Lipinski definition) is 1. The van der Waals surface area contributed by atoms with Crippen molar-refractivity contribution in [2.45, 2.75) is 30.7 Å². The van der Waals surface area contributed by atoms with Crippen LogP contribution in [-0.2, 0) is 10.2 Å². The zero-order valence-electron chi connectivity index (χ0n) is 15.5. The molecule has 2 atom stereocenters. The number of nitrogens with zero attached hydrogens (tertiary/aromatic N) is 1. The molecule has 1 saturated heterocycles. The lowest BCUT2D eigenvalue weighted by Crippen LogP contribution is -2.62. The van der Waals surface area contributed by atoms with E-state index in [0.29, 0.717) is 6.42 Å². The van der Waals surface area contributed by atoms with Crippen LogP contribution in [0.15, 0.2) is 60.2 Å². The highest BCUT2D eigenvalue weighted by Crippen LogP contribution is 2.49. The van der Waals surface area contributed by atoms with Gasteiger partial charge in [-0.3, -0.25) is 4.79 Å². The molecule has 1 saturated carbocycles. The highest BCUT2D eigenvalue weighted by atomic mass is 16.3. The summed E-state index contributed by atoms with van der Waals surface area (Å²) in [6.07, 6.45) is 4.55. The molecule has 0 spiro atoms. The van der Waals surface area contributed by atoms with Gasteiger partial charge in [-0.2, -0.15) is 0 Å². The van der Waals surface area contributed by atoms with E-state index in [1.54, 1.807) is 6.07 Å². The molecule has 2 bridgehead atoms. The molecule has 3 heteroatoms. The van der Waals surface area contributed by atoms with Crippen molar-refractivity contribution >= 4 is 11.9 Å². The number of rotatable bonds is 2. The predicted octanol–water partition coefficient (Wildman–Crippen LogP) is 3.93. The molecule has 2 aromatic rings. The lowest BCUT2D eigenvalue weighted by Gasteiger charge is -2.53. The minimum Gasteiger partial charge on any atom is -0.508 e. The Morgan fingerprint density at radius 3 is 2.62 bits per heavy atom. The van der Waals surface area contributed by atoms with Crippen molar-refractivity contribution < 1.29 is 14.4 Å². The Hall–Kier alpha value is -2.39. The molecule has 1 aliphatic carbocycles. The summed E-state index contributed by atoms with van der Waals surface area (Å²) >= 11 is 0. The van der Waals surface area contributed by atoms with E-state index in [2.05, 4.69) is 38.4 Å². The molecule has 2 fully saturated rings. The number of hydrogen-bond acceptors (Lipinski definition) is 2. The van der Waals surface area contributed by atoms with Gasteiger partial charge in [0, 0.05) is 24.7 Å². The first kappa shape index (κ1) is 17.0. The Morgan fingerprint density at radius 2 is 1.88 bits per heavy atom. The molecule has 2 unspecified atom stereocenters. The number of carbonyl (C=O) groups excluding carboxylic acids is 1. The normalized spacial score (nSPS) is 28.9. The topological polar surface area (TPSA) is 37.3 Å². The van der Waals surface area contributed by atoms with E-state index in [-0.39, 0.29) is 23.0 Å². The fourth-order valence-corrected chi connectivity index (χ4v) is 4.73. The third-order valence-corrected chi connectivity index (χ3v) is 6.35. The van der Waals surface area contributed by atoms with Crippen LogP contribution in [0.5, 0.6) is 5.75 Å². The van der Waals surface area contributed by atoms with Crippen molar-refractivity contribution in [2.24, 2.45) is 0 Å². The Kier molecular flexibility index (Phi) is 4.00. The molecule has 1 aliphatic heterocycles. The molecular formula is C23H26NO2+. The molecule has 1 heterocycles. The van der Waals surface area contributed by atoms with Gasteiger partial charge < -0.3 is 9.59 Å². The van der Waals surface area contributed by atoms with Crippen LogP contribution in [0.3, 0.4) is 0 Å². The second-order valence-electron chi connectivity index (χ2n) is 8.41. The van der Waals surface area contributed by atoms with Gasteiger partial charge in [-0.1, -0.05) is 42.5 Å². The van der Waals surface area contributed by atoms with Gasteiger partial charge in [0.25, 0.3) is 0 Å². The van der Waals surface area contributed by atoms with Crippen LogP contribution in [0.4, 0.5) is 0 Å². The molecule has 2 aromatic carbocycles. The van der Waals surface area contributed by atoms with Crippen molar-refractivity contribution in [3.05, 3.63) is 71.3 Å². The molecule has 0 amide bonds. The number of quaternary nitrogens is 1. The largest absolute Gasteiger partial charge is 0.508 e. The lowest BCUT2D eigenvalue weighted by atomic mass is 9.61. The second-order valence-corrected chi connectivity index (χ2v) is 8.41. The van der Waals surface area contributed by atoms with Crippen LogP contribution in [0.25, 0.3) is 6.08 Å². The van der Waals surface area contributed by atoms with E-state index in [9.17, 15) is 9.90 Å². The van der Waals surface area contributed by atoms with Gasteiger partial charge in [0.1, 0.15) is 11.8 Å². The SMILES string of the molecule is C[N+]1(C)CCC2(c3cccc(O)c3)CC(=O)/C(=C/c3ccccc3)C1C2. The van der Waals surface area contributed by atoms with E-state index >= 15 is 0 Å². The van der Waals surface area contributed by atoms with E-state index in [1.807, 2.05) is 30.3 Å². The fourth-order valence-electron chi connectivity index (χ4n) is 4.73. The number of phenols is 1. The number of ketones is 1. The first-order chi connectivity index (χ1) is 12.4. The standard InChI is InChI=1S/C23H25NO2/c1-24(2)12-11-23(18-9-6-10-19(25)14-18)15-21(24)20(22(26)16-23)13-17-7-4-3-5-8-17/h3-10,13-14,21H,11-12,15-16H2,1-2H3/p+1/b20-13+. The highest BCUT2D eigenvalue weighted by molar-refractivity contribution is 6.02. The fraction of sp³-hybridized carbons (Fsp3) is 0.348. The number of aromatic hydroxyl groups is 1. The van der Waals surface area contributed by atoms with E-state index in [1.165, 1.54) is 0 Å². The Balaban J connectivity index is 1.78. The number of carbonyl (C=O) groups is 1. The zero-order chi connectivity index (χ0) is 18.4. The van der Waals surface area contributed by atoms with Gasteiger partial charge >= 0.3 is 0 Å². The zero-order valence-corrected chi connectivity index (χ0v) is 15.5. The minimum absolute atomic E-state index is 0.151. The average molecular weight is 348 g/mol. The smallest absolute Gasteiger partial charge is 0.165 e. The van der Waals surface area contributed by atoms with Gasteiger partial charge in [-0.05, 0) is 29.3 Å². The number of Topliss-reactive ketones (excluding diaryl/α,β-unsaturated/α-hetero) is 1. The number of fused-ring (bicyclic) bond motifs is 2. The van der Waals surface area contributed by atoms with Gasteiger partial charge in [-0.25, -0.2) is 0 Å². The van der Waals surface area contributed by atoms with Crippen LogP contribution in [0.2, 0.25) is 0 Å². The summed E-state index contributed by atoms with van der Waals surface area (Å²) in [6, 6.07) is 17.8. The molecule has 3 nitrogen and oxygen atoms in total. The molecule has 0 radical (unpaired) electrons. The highest BCUT2D eigenvalue weighted by Gasteiger charge is 2.53.